The SMILES string of the molecule is Cc1nn(Cc2ccc(Cl)c(Cl)c2)c(C)c1NS(=O)(=O)c1ccccc1. The Labute approximate surface area is 162 Å². The number of anilines is 1. The lowest BCUT2D eigenvalue weighted by Crippen LogP contribution is -2.14. The molecule has 1 N–H and O–H groups in total. The van der Waals surface area contributed by atoms with Crippen molar-refractivity contribution in [1.82, 2.24) is 9.78 Å². The molecule has 26 heavy (non-hydrogen) atoms. The third-order valence-corrected chi connectivity index (χ3v) is 6.09. The van der Waals surface area contributed by atoms with E-state index in [0.717, 1.165) is 5.56 Å². The Balaban J connectivity index is 1.90. The maximum Gasteiger partial charge on any atom is 0.262 e. The zero-order valence-corrected chi connectivity index (χ0v) is 16.5. The molecular weight excluding hydrogens is 393 g/mol. The summed E-state index contributed by atoms with van der Waals surface area (Å²) in [7, 11) is -3.67. The highest BCUT2D eigenvalue weighted by atomic mass is 35.5. The molecule has 0 aliphatic rings. The van der Waals surface area contributed by atoms with E-state index >= 15 is 0 Å². The summed E-state index contributed by atoms with van der Waals surface area (Å²) in [6, 6.07) is 13.6. The molecule has 0 saturated heterocycles. The van der Waals surface area contributed by atoms with Crippen LogP contribution < -0.4 is 4.72 Å². The fourth-order valence-electron chi connectivity index (χ4n) is 2.60. The van der Waals surface area contributed by atoms with E-state index in [1.807, 2.05) is 13.0 Å². The normalized spacial score (nSPS) is 11.5. The Morgan fingerprint density at radius 1 is 1.04 bits per heavy atom. The highest BCUT2D eigenvalue weighted by Crippen LogP contribution is 2.26. The van der Waals surface area contributed by atoms with Gasteiger partial charge in [-0.3, -0.25) is 9.40 Å². The van der Waals surface area contributed by atoms with Crippen LogP contribution in [0.25, 0.3) is 0 Å². The van der Waals surface area contributed by atoms with Gasteiger partial charge in [0, 0.05) is 0 Å². The number of benzene rings is 2. The van der Waals surface area contributed by atoms with Gasteiger partial charge in [0.25, 0.3) is 10.0 Å². The molecule has 0 atom stereocenters. The van der Waals surface area contributed by atoms with Crippen molar-refractivity contribution < 1.29 is 8.42 Å². The summed E-state index contributed by atoms with van der Waals surface area (Å²) in [5, 5.41) is 5.40. The molecule has 0 aliphatic heterocycles. The zero-order valence-electron chi connectivity index (χ0n) is 14.2. The van der Waals surface area contributed by atoms with Gasteiger partial charge < -0.3 is 0 Å². The monoisotopic (exact) mass is 409 g/mol. The lowest BCUT2D eigenvalue weighted by atomic mass is 10.2. The first-order chi connectivity index (χ1) is 12.3. The summed E-state index contributed by atoms with van der Waals surface area (Å²) in [6.07, 6.45) is 0. The van der Waals surface area contributed by atoms with Crippen molar-refractivity contribution >= 4 is 38.9 Å². The van der Waals surface area contributed by atoms with Crippen LogP contribution in [0.4, 0.5) is 5.69 Å². The van der Waals surface area contributed by atoms with Gasteiger partial charge in [0.15, 0.2) is 0 Å². The predicted octanol–water partition coefficient (Wildman–Crippen LogP) is 4.66. The number of hydrogen-bond acceptors (Lipinski definition) is 3. The summed E-state index contributed by atoms with van der Waals surface area (Å²) in [6.45, 7) is 4.04. The molecule has 0 unspecified atom stereocenters. The van der Waals surface area contributed by atoms with Gasteiger partial charge >= 0.3 is 0 Å². The smallest absolute Gasteiger partial charge is 0.262 e. The minimum absolute atomic E-state index is 0.205. The van der Waals surface area contributed by atoms with E-state index in [9.17, 15) is 8.42 Å². The quantitative estimate of drug-likeness (QED) is 0.666. The Morgan fingerprint density at radius 3 is 2.38 bits per heavy atom. The highest BCUT2D eigenvalue weighted by molar-refractivity contribution is 7.92. The average molecular weight is 410 g/mol. The van der Waals surface area contributed by atoms with E-state index in [0.29, 0.717) is 33.7 Å². The topological polar surface area (TPSA) is 64.0 Å². The number of nitrogens with zero attached hydrogens (tertiary/aromatic N) is 2. The van der Waals surface area contributed by atoms with Crippen molar-refractivity contribution in [3.05, 3.63) is 75.5 Å². The van der Waals surface area contributed by atoms with Gasteiger partial charge in [0.1, 0.15) is 0 Å². The molecule has 1 aromatic heterocycles. The number of rotatable bonds is 5. The van der Waals surface area contributed by atoms with Crippen LogP contribution in [0.1, 0.15) is 17.0 Å². The Hall–Kier alpha value is -2.02. The Kier molecular flexibility index (Phi) is 5.27. The van der Waals surface area contributed by atoms with Crippen LogP contribution in [0, 0.1) is 13.8 Å². The molecule has 0 radical (unpaired) electrons. The summed E-state index contributed by atoms with van der Waals surface area (Å²) >= 11 is 12.0. The second-order valence-corrected chi connectivity index (χ2v) is 8.37. The first kappa shape index (κ1) is 18.8. The van der Waals surface area contributed by atoms with Crippen LogP contribution in [0.3, 0.4) is 0 Å². The summed E-state index contributed by atoms with van der Waals surface area (Å²) < 4.78 is 29.5. The molecule has 0 spiro atoms. The summed E-state index contributed by atoms with van der Waals surface area (Å²) in [4.78, 5) is 0.205. The molecule has 0 amide bonds. The molecule has 8 heteroatoms. The predicted molar refractivity (Wildman–Crippen MR) is 105 cm³/mol. The second kappa shape index (κ2) is 7.31. The second-order valence-electron chi connectivity index (χ2n) is 5.87. The number of nitrogens with one attached hydrogen (secondary N) is 1. The number of sulfonamides is 1. The van der Waals surface area contributed by atoms with Crippen molar-refractivity contribution in [2.45, 2.75) is 25.3 Å². The molecule has 0 aliphatic carbocycles. The van der Waals surface area contributed by atoms with Crippen LogP contribution in [0.2, 0.25) is 10.0 Å². The molecule has 5 nitrogen and oxygen atoms in total. The van der Waals surface area contributed by atoms with E-state index in [4.69, 9.17) is 23.2 Å². The van der Waals surface area contributed by atoms with Gasteiger partial charge in [-0.05, 0) is 43.7 Å². The van der Waals surface area contributed by atoms with E-state index < -0.39 is 10.0 Å². The highest BCUT2D eigenvalue weighted by Gasteiger charge is 2.19. The minimum atomic E-state index is -3.67. The van der Waals surface area contributed by atoms with Gasteiger partial charge in [-0.1, -0.05) is 47.5 Å². The fourth-order valence-corrected chi connectivity index (χ4v) is 4.12. The molecular formula is C18H17Cl2N3O2S. The van der Waals surface area contributed by atoms with Crippen LogP contribution in [0.5, 0.6) is 0 Å². The summed E-state index contributed by atoms with van der Waals surface area (Å²) in [5.74, 6) is 0. The number of aromatic nitrogens is 2. The van der Waals surface area contributed by atoms with Crippen molar-refractivity contribution in [3.63, 3.8) is 0 Å². The maximum absolute atomic E-state index is 12.6. The Bertz CT molecular complexity index is 1050. The molecule has 0 bridgehead atoms. The molecule has 2 aromatic carbocycles. The lowest BCUT2D eigenvalue weighted by molar-refractivity contribution is 0.601. The van der Waals surface area contributed by atoms with Crippen molar-refractivity contribution in [2.24, 2.45) is 0 Å². The third kappa shape index (κ3) is 3.87. The molecule has 3 aromatic rings. The Morgan fingerprint density at radius 2 is 1.73 bits per heavy atom. The first-order valence-electron chi connectivity index (χ1n) is 7.84. The summed E-state index contributed by atoms with van der Waals surface area (Å²) in [5.41, 5.74) is 2.71. The standard InChI is InChI=1S/C18H17Cl2N3O2S/c1-12-18(22-26(24,25)15-6-4-3-5-7-15)13(2)23(21-12)11-14-8-9-16(19)17(20)10-14/h3-10,22H,11H2,1-2H3. The zero-order chi connectivity index (χ0) is 18.9. The van der Waals surface area contributed by atoms with Crippen molar-refractivity contribution in [1.29, 1.82) is 0 Å². The average Bonchev–Trinajstić information content (AvgIpc) is 2.86. The van der Waals surface area contributed by atoms with Gasteiger partial charge in [0.05, 0.1) is 38.6 Å². The lowest BCUT2D eigenvalue weighted by Gasteiger charge is -2.09. The van der Waals surface area contributed by atoms with Crippen molar-refractivity contribution in [3.8, 4) is 0 Å². The van der Waals surface area contributed by atoms with E-state index in [2.05, 4.69) is 9.82 Å². The van der Waals surface area contributed by atoms with Gasteiger partial charge in [-0.25, -0.2) is 8.42 Å². The maximum atomic E-state index is 12.6. The number of aryl methyl sites for hydroxylation is 1. The first-order valence-corrected chi connectivity index (χ1v) is 10.1. The van der Waals surface area contributed by atoms with Crippen LogP contribution in [-0.4, -0.2) is 18.2 Å². The third-order valence-electron chi connectivity index (χ3n) is 3.99. The van der Waals surface area contributed by atoms with Crippen LogP contribution in [-0.2, 0) is 16.6 Å². The molecule has 136 valence electrons. The van der Waals surface area contributed by atoms with Gasteiger partial charge in [-0.2, -0.15) is 5.10 Å². The fraction of sp³-hybridized carbons (Fsp3) is 0.167. The van der Waals surface area contributed by atoms with E-state index in [1.165, 1.54) is 0 Å². The molecule has 0 saturated carbocycles. The molecule has 0 fully saturated rings. The molecule has 3 rings (SSSR count). The largest absolute Gasteiger partial charge is 0.276 e. The van der Waals surface area contributed by atoms with E-state index in [-0.39, 0.29) is 4.90 Å². The van der Waals surface area contributed by atoms with Gasteiger partial charge in [-0.15, -0.1) is 0 Å². The van der Waals surface area contributed by atoms with Gasteiger partial charge in [0.2, 0.25) is 0 Å². The minimum Gasteiger partial charge on any atom is -0.276 e. The van der Waals surface area contributed by atoms with Crippen LogP contribution >= 0.6 is 23.2 Å². The number of hydrogen-bond donors (Lipinski definition) is 1. The van der Waals surface area contributed by atoms with Crippen molar-refractivity contribution in [2.75, 3.05) is 4.72 Å². The van der Waals surface area contributed by atoms with E-state index in [1.54, 1.807) is 54.1 Å². The molecule has 1 heterocycles. The number of halogens is 2. The van der Waals surface area contributed by atoms with Crippen LogP contribution in [0.15, 0.2) is 53.4 Å².